The Bertz CT molecular complexity index is 308. The summed E-state index contributed by atoms with van der Waals surface area (Å²) in [5.41, 5.74) is 0. The zero-order valence-corrected chi connectivity index (χ0v) is 10.6. The molecule has 0 aliphatic carbocycles. The van der Waals surface area contributed by atoms with Gasteiger partial charge in [0.05, 0.1) is 13.2 Å². The minimum absolute atomic E-state index is 0.594. The van der Waals surface area contributed by atoms with Gasteiger partial charge in [0.15, 0.2) is 0 Å². The Morgan fingerprint density at radius 3 is 2.88 bits per heavy atom. The van der Waals surface area contributed by atoms with Crippen LogP contribution in [0, 0.1) is 0 Å². The summed E-state index contributed by atoms with van der Waals surface area (Å²) in [6.07, 6.45) is 3.77. The van der Waals surface area contributed by atoms with Crippen molar-refractivity contribution in [1.82, 2.24) is 9.97 Å². The Kier molecular flexibility index (Phi) is 7.06. The van der Waals surface area contributed by atoms with Crippen molar-refractivity contribution < 1.29 is 9.47 Å². The smallest absolute Gasteiger partial charge is 0.218 e. The van der Waals surface area contributed by atoms with Gasteiger partial charge in [0.25, 0.3) is 0 Å². The fourth-order valence-corrected chi connectivity index (χ4v) is 1.26. The number of ether oxygens (including phenoxy) is 2. The fraction of sp³-hybridized carbons (Fsp3) is 0.667. The average Bonchev–Trinajstić information content (AvgIpc) is 2.35. The fourth-order valence-electron chi connectivity index (χ4n) is 1.26. The van der Waals surface area contributed by atoms with Gasteiger partial charge in [0.1, 0.15) is 12.1 Å². The van der Waals surface area contributed by atoms with Crippen molar-refractivity contribution in [3.63, 3.8) is 0 Å². The highest BCUT2D eigenvalue weighted by Gasteiger charge is 1.98. The molecular formula is C12H21N3O2. The lowest BCUT2D eigenvalue weighted by molar-refractivity contribution is 0.141. The molecule has 0 aromatic carbocycles. The topological polar surface area (TPSA) is 56.3 Å². The number of hydrogen-bond acceptors (Lipinski definition) is 5. The van der Waals surface area contributed by atoms with Gasteiger partial charge in [0, 0.05) is 19.2 Å². The van der Waals surface area contributed by atoms with Gasteiger partial charge >= 0.3 is 0 Å². The van der Waals surface area contributed by atoms with Gasteiger partial charge in [-0.15, -0.1) is 0 Å². The molecule has 0 radical (unpaired) electrons. The van der Waals surface area contributed by atoms with Gasteiger partial charge in [-0.2, -0.15) is 0 Å². The lowest BCUT2D eigenvalue weighted by atomic mass is 10.4. The molecule has 0 saturated carbocycles. The minimum atomic E-state index is 0.594. The average molecular weight is 239 g/mol. The maximum absolute atomic E-state index is 5.44. The van der Waals surface area contributed by atoms with Crippen LogP contribution in [0.5, 0.6) is 5.88 Å². The summed E-state index contributed by atoms with van der Waals surface area (Å²) in [6, 6.07) is 1.79. The van der Waals surface area contributed by atoms with Gasteiger partial charge in [-0.05, 0) is 13.3 Å². The Morgan fingerprint density at radius 1 is 1.24 bits per heavy atom. The van der Waals surface area contributed by atoms with Crippen LogP contribution in [0.1, 0.15) is 26.7 Å². The molecule has 1 N–H and O–H groups in total. The summed E-state index contributed by atoms with van der Waals surface area (Å²) < 4.78 is 10.7. The lowest BCUT2D eigenvalue weighted by Crippen LogP contribution is -2.11. The van der Waals surface area contributed by atoms with Crippen molar-refractivity contribution in [2.75, 3.05) is 31.7 Å². The number of hydrogen-bond donors (Lipinski definition) is 1. The van der Waals surface area contributed by atoms with Crippen LogP contribution < -0.4 is 10.1 Å². The zero-order valence-electron chi connectivity index (χ0n) is 10.6. The second-order valence-corrected chi connectivity index (χ2v) is 3.57. The van der Waals surface area contributed by atoms with E-state index in [1.165, 1.54) is 6.33 Å². The molecule has 0 bridgehead atoms. The SMILES string of the molecule is CCCCOCCNc1cc(OCC)ncn1. The molecule has 17 heavy (non-hydrogen) atoms. The van der Waals surface area contributed by atoms with Crippen molar-refractivity contribution in [2.45, 2.75) is 26.7 Å². The number of unbranched alkanes of at least 4 members (excludes halogenated alkanes) is 1. The van der Waals surface area contributed by atoms with Gasteiger partial charge < -0.3 is 14.8 Å². The van der Waals surface area contributed by atoms with Gasteiger partial charge in [-0.25, -0.2) is 9.97 Å². The normalized spacial score (nSPS) is 10.2. The van der Waals surface area contributed by atoms with Crippen molar-refractivity contribution in [3.05, 3.63) is 12.4 Å². The summed E-state index contributed by atoms with van der Waals surface area (Å²) in [5.74, 6) is 1.36. The quantitative estimate of drug-likeness (QED) is 0.669. The molecule has 0 fully saturated rings. The summed E-state index contributed by atoms with van der Waals surface area (Å²) in [4.78, 5) is 8.09. The highest BCUT2D eigenvalue weighted by atomic mass is 16.5. The first-order valence-corrected chi connectivity index (χ1v) is 6.13. The maximum Gasteiger partial charge on any atom is 0.218 e. The third-order valence-corrected chi connectivity index (χ3v) is 2.13. The summed E-state index contributed by atoms with van der Waals surface area (Å²) in [5, 5.41) is 3.16. The third kappa shape index (κ3) is 6.06. The van der Waals surface area contributed by atoms with Crippen molar-refractivity contribution in [3.8, 4) is 5.88 Å². The first kappa shape index (κ1) is 13.7. The number of nitrogens with one attached hydrogen (secondary N) is 1. The van der Waals surface area contributed by atoms with Crippen LogP contribution in [-0.4, -0.2) is 36.3 Å². The molecule has 0 atom stereocenters. The predicted molar refractivity (Wildman–Crippen MR) is 67.4 cm³/mol. The molecule has 96 valence electrons. The monoisotopic (exact) mass is 239 g/mol. The molecular weight excluding hydrogens is 218 g/mol. The molecule has 5 heteroatoms. The van der Waals surface area contributed by atoms with Crippen molar-refractivity contribution in [2.24, 2.45) is 0 Å². The standard InChI is InChI=1S/C12H21N3O2/c1-3-5-7-16-8-6-13-11-9-12(17-4-2)15-10-14-11/h9-10H,3-8H2,1-2H3,(H,13,14,15). The summed E-state index contributed by atoms with van der Waals surface area (Å²) in [7, 11) is 0. The first-order valence-electron chi connectivity index (χ1n) is 6.13. The molecule has 0 aliphatic rings. The van der Waals surface area contributed by atoms with E-state index < -0.39 is 0 Å². The second kappa shape index (κ2) is 8.75. The van der Waals surface area contributed by atoms with E-state index in [0.717, 1.165) is 31.8 Å². The zero-order chi connectivity index (χ0) is 12.3. The Balaban J connectivity index is 2.19. The van der Waals surface area contributed by atoms with Crippen LogP contribution in [0.25, 0.3) is 0 Å². The van der Waals surface area contributed by atoms with E-state index in [2.05, 4.69) is 22.2 Å². The highest BCUT2D eigenvalue weighted by Crippen LogP contribution is 2.10. The molecule has 1 aromatic rings. The van der Waals surface area contributed by atoms with Gasteiger partial charge in [0.2, 0.25) is 5.88 Å². The third-order valence-electron chi connectivity index (χ3n) is 2.13. The number of aromatic nitrogens is 2. The maximum atomic E-state index is 5.44. The number of nitrogens with zero attached hydrogens (tertiary/aromatic N) is 2. The van der Waals surface area contributed by atoms with Crippen LogP contribution in [0.3, 0.4) is 0 Å². The molecule has 1 rings (SSSR count). The van der Waals surface area contributed by atoms with Crippen LogP contribution in [-0.2, 0) is 4.74 Å². The molecule has 0 spiro atoms. The minimum Gasteiger partial charge on any atom is -0.478 e. The van der Waals surface area contributed by atoms with Crippen LogP contribution in [0.2, 0.25) is 0 Å². The highest BCUT2D eigenvalue weighted by molar-refractivity contribution is 5.36. The van der Waals surface area contributed by atoms with Crippen molar-refractivity contribution in [1.29, 1.82) is 0 Å². The van der Waals surface area contributed by atoms with E-state index >= 15 is 0 Å². The van der Waals surface area contributed by atoms with Crippen molar-refractivity contribution >= 4 is 5.82 Å². The van der Waals surface area contributed by atoms with Crippen LogP contribution in [0.4, 0.5) is 5.82 Å². The molecule has 0 unspecified atom stereocenters. The molecule has 0 aliphatic heterocycles. The van der Waals surface area contributed by atoms with Gasteiger partial charge in [-0.3, -0.25) is 0 Å². The second-order valence-electron chi connectivity index (χ2n) is 3.57. The van der Waals surface area contributed by atoms with E-state index in [4.69, 9.17) is 9.47 Å². The van der Waals surface area contributed by atoms with Gasteiger partial charge in [-0.1, -0.05) is 13.3 Å². The number of anilines is 1. The Labute approximate surface area is 103 Å². The predicted octanol–water partition coefficient (Wildman–Crippen LogP) is 2.10. The molecule has 1 aromatic heterocycles. The largest absolute Gasteiger partial charge is 0.478 e. The summed E-state index contributed by atoms with van der Waals surface area (Å²) >= 11 is 0. The molecule has 0 amide bonds. The Morgan fingerprint density at radius 2 is 2.12 bits per heavy atom. The van der Waals surface area contributed by atoms with E-state index in [0.29, 0.717) is 19.1 Å². The van der Waals surface area contributed by atoms with Crippen LogP contribution in [0.15, 0.2) is 12.4 Å². The molecule has 0 saturated heterocycles. The first-order chi connectivity index (χ1) is 8.36. The van der Waals surface area contributed by atoms with E-state index in [9.17, 15) is 0 Å². The van der Waals surface area contributed by atoms with Crippen LogP contribution >= 0.6 is 0 Å². The number of rotatable bonds is 9. The molecule has 1 heterocycles. The van der Waals surface area contributed by atoms with E-state index in [1.54, 1.807) is 6.07 Å². The van der Waals surface area contributed by atoms with E-state index in [-0.39, 0.29) is 0 Å². The lowest BCUT2D eigenvalue weighted by Gasteiger charge is -2.07. The molecule has 5 nitrogen and oxygen atoms in total. The summed E-state index contributed by atoms with van der Waals surface area (Å²) in [6.45, 7) is 6.94. The van der Waals surface area contributed by atoms with E-state index in [1.807, 2.05) is 6.92 Å². The Hall–Kier alpha value is -1.36.